The molecule has 1 aromatic heterocycles. The molecular weight excluding hydrogens is 358 g/mol. The van der Waals surface area contributed by atoms with Crippen molar-refractivity contribution in [3.05, 3.63) is 30.2 Å². The van der Waals surface area contributed by atoms with Gasteiger partial charge in [-0.05, 0) is 12.1 Å². The average molecular weight is 377 g/mol. The Balaban J connectivity index is 1.61. The molecule has 138 valence electrons. The van der Waals surface area contributed by atoms with E-state index in [1.54, 1.807) is 25.1 Å². The summed E-state index contributed by atoms with van der Waals surface area (Å²) in [6.07, 6.45) is 0. The monoisotopic (exact) mass is 377 g/mol. The first-order valence-corrected chi connectivity index (χ1v) is 9.82. The van der Waals surface area contributed by atoms with E-state index < -0.39 is 16.1 Å². The van der Waals surface area contributed by atoms with Gasteiger partial charge in [-0.25, -0.2) is 8.42 Å². The molecule has 9 nitrogen and oxygen atoms in total. The smallest absolute Gasteiger partial charge is 0.243 e. The van der Waals surface area contributed by atoms with Gasteiger partial charge in [0.2, 0.25) is 27.6 Å². The first-order valence-electron chi connectivity index (χ1n) is 8.38. The van der Waals surface area contributed by atoms with E-state index in [9.17, 15) is 13.2 Å². The molecule has 0 aliphatic carbocycles. The van der Waals surface area contributed by atoms with Crippen LogP contribution in [-0.2, 0) is 14.8 Å². The Hall–Kier alpha value is -2.30. The van der Waals surface area contributed by atoms with Crippen molar-refractivity contribution in [2.45, 2.75) is 17.9 Å². The van der Waals surface area contributed by atoms with E-state index in [1.165, 1.54) is 10.4 Å². The van der Waals surface area contributed by atoms with Crippen LogP contribution in [0.5, 0.6) is 0 Å². The van der Waals surface area contributed by atoms with Crippen molar-refractivity contribution in [2.75, 3.05) is 32.7 Å². The molecule has 2 aliphatic rings. The number of sulfonamides is 1. The van der Waals surface area contributed by atoms with Gasteiger partial charge in [0.25, 0.3) is 0 Å². The molecule has 1 atom stereocenters. The lowest BCUT2D eigenvalue weighted by Crippen LogP contribution is -2.64. The third kappa shape index (κ3) is 3.00. The highest BCUT2D eigenvalue weighted by atomic mass is 32.2. The van der Waals surface area contributed by atoms with Gasteiger partial charge >= 0.3 is 0 Å². The van der Waals surface area contributed by atoms with E-state index in [2.05, 4.69) is 15.5 Å². The lowest BCUT2D eigenvalue weighted by atomic mass is 10.1. The average Bonchev–Trinajstić information content (AvgIpc) is 3.08. The number of rotatable bonds is 3. The fraction of sp³-hybridized carbons (Fsp3) is 0.438. The zero-order valence-corrected chi connectivity index (χ0v) is 15.1. The number of carbonyl (C=O) groups is 1. The van der Waals surface area contributed by atoms with Gasteiger partial charge in [0, 0.05) is 45.2 Å². The zero-order chi connectivity index (χ0) is 18.3. The van der Waals surface area contributed by atoms with Gasteiger partial charge in [-0.2, -0.15) is 9.29 Å². The second-order valence-corrected chi connectivity index (χ2v) is 8.31. The van der Waals surface area contributed by atoms with Crippen molar-refractivity contribution < 1.29 is 17.7 Å². The van der Waals surface area contributed by atoms with Crippen LogP contribution in [-0.4, -0.2) is 72.4 Å². The zero-order valence-electron chi connectivity index (χ0n) is 14.3. The van der Waals surface area contributed by atoms with Gasteiger partial charge in [-0.1, -0.05) is 17.3 Å². The summed E-state index contributed by atoms with van der Waals surface area (Å²) < 4.78 is 32.5. The number of amides is 1. The normalized spacial score (nSPS) is 22.0. The summed E-state index contributed by atoms with van der Waals surface area (Å²) in [7, 11) is -3.72. The topological polar surface area (TPSA) is 109 Å². The quantitative estimate of drug-likeness (QED) is 0.792. The first-order chi connectivity index (χ1) is 12.4. The SMILES string of the molecule is Cc1nc(-c2cccc(S(=O)(=O)N3CCN4CCNC(=O)[C@H]4C3)c2)no1. The maximum Gasteiger partial charge on any atom is 0.243 e. The molecule has 2 saturated heterocycles. The van der Waals surface area contributed by atoms with Gasteiger partial charge in [-0.3, -0.25) is 9.69 Å². The fourth-order valence-electron chi connectivity index (χ4n) is 3.33. The molecule has 1 N–H and O–H groups in total. The molecule has 2 fully saturated rings. The van der Waals surface area contributed by atoms with Crippen LogP contribution in [0, 0.1) is 6.92 Å². The van der Waals surface area contributed by atoms with E-state index in [0.29, 0.717) is 36.9 Å². The van der Waals surface area contributed by atoms with Crippen LogP contribution in [0.2, 0.25) is 0 Å². The number of piperazine rings is 2. The molecule has 26 heavy (non-hydrogen) atoms. The van der Waals surface area contributed by atoms with Gasteiger partial charge in [0.1, 0.15) is 6.04 Å². The van der Waals surface area contributed by atoms with Gasteiger partial charge in [-0.15, -0.1) is 0 Å². The number of carbonyl (C=O) groups excluding carboxylic acids is 1. The van der Waals surface area contributed by atoms with Crippen LogP contribution in [0.3, 0.4) is 0 Å². The summed E-state index contributed by atoms with van der Waals surface area (Å²) in [4.78, 5) is 18.4. The summed E-state index contributed by atoms with van der Waals surface area (Å²) in [5, 5.41) is 6.63. The molecule has 0 spiro atoms. The summed E-state index contributed by atoms with van der Waals surface area (Å²) >= 11 is 0. The van der Waals surface area contributed by atoms with Gasteiger partial charge < -0.3 is 9.84 Å². The van der Waals surface area contributed by atoms with Crippen molar-refractivity contribution in [1.82, 2.24) is 24.7 Å². The molecule has 0 saturated carbocycles. The highest BCUT2D eigenvalue weighted by Crippen LogP contribution is 2.25. The Bertz CT molecular complexity index is 942. The number of nitrogens with zero attached hydrogens (tertiary/aromatic N) is 4. The Morgan fingerprint density at radius 3 is 2.88 bits per heavy atom. The molecule has 0 bridgehead atoms. The van der Waals surface area contributed by atoms with Crippen LogP contribution in [0.25, 0.3) is 11.4 Å². The standard InChI is InChI=1S/C16H19N5O4S/c1-11-18-15(19-25-11)12-3-2-4-13(9-12)26(23,24)21-8-7-20-6-5-17-16(22)14(20)10-21/h2-4,9,14H,5-8,10H2,1H3,(H,17,22)/t14-/m1/s1. The minimum Gasteiger partial charge on any atom is -0.353 e. The highest BCUT2D eigenvalue weighted by Gasteiger charge is 2.39. The fourth-order valence-corrected chi connectivity index (χ4v) is 4.82. The number of benzene rings is 1. The van der Waals surface area contributed by atoms with E-state index in [1.807, 2.05) is 4.90 Å². The van der Waals surface area contributed by atoms with Gasteiger partial charge in [0.05, 0.1) is 4.90 Å². The van der Waals surface area contributed by atoms with Crippen LogP contribution in [0.4, 0.5) is 0 Å². The molecule has 10 heteroatoms. The second-order valence-electron chi connectivity index (χ2n) is 6.37. The minimum absolute atomic E-state index is 0.118. The molecule has 3 heterocycles. The third-order valence-corrected chi connectivity index (χ3v) is 6.57. The Morgan fingerprint density at radius 2 is 2.12 bits per heavy atom. The third-order valence-electron chi connectivity index (χ3n) is 4.71. The maximum atomic E-state index is 13.1. The number of aryl methyl sites for hydroxylation is 1. The lowest BCUT2D eigenvalue weighted by molar-refractivity contribution is -0.130. The van der Waals surface area contributed by atoms with Crippen LogP contribution < -0.4 is 5.32 Å². The molecule has 1 aromatic carbocycles. The Labute approximate surface area is 151 Å². The molecule has 2 aliphatic heterocycles. The van der Waals surface area contributed by atoms with Crippen molar-refractivity contribution in [2.24, 2.45) is 0 Å². The molecule has 0 unspecified atom stereocenters. The number of fused-ring (bicyclic) bond motifs is 1. The maximum absolute atomic E-state index is 13.1. The second kappa shape index (κ2) is 6.45. The summed E-state index contributed by atoms with van der Waals surface area (Å²) in [5.74, 6) is 0.635. The van der Waals surface area contributed by atoms with Crippen LogP contribution in [0.1, 0.15) is 5.89 Å². The van der Waals surface area contributed by atoms with Crippen LogP contribution >= 0.6 is 0 Å². The number of hydrogen-bond donors (Lipinski definition) is 1. The van der Waals surface area contributed by atoms with Crippen molar-refractivity contribution in [3.63, 3.8) is 0 Å². The summed E-state index contributed by atoms with van der Waals surface area (Å²) in [5.41, 5.74) is 0.567. The molecular formula is C16H19N5O4S. The Kier molecular flexibility index (Phi) is 4.25. The van der Waals surface area contributed by atoms with E-state index in [0.717, 1.165) is 6.54 Å². The molecule has 1 amide bonds. The molecule has 4 rings (SSSR count). The largest absolute Gasteiger partial charge is 0.353 e. The van der Waals surface area contributed by atoms with Crippen molar-refractivity contribution >= 4 is 15.9 Å². The Morgan fingerprint density at radius 1 is 1.27 bits per heavy atom. The molecule has 2 aromatic rings. The first kappa shape index (κ1) is 17.1. The molecule has 0 radical (unpaired) electrons. The van der Waals surface area contributed by atoms with Crippen molar-refractivity contribution in [1.29, 1.82) is 0 Å². The van der Waals surface area contributed by atoms with E-state index >= 15 is 0 Å². The predicted molar refractivity (Wildman–Crippen MR) is 91.6 cm³/mol. The highest BCUT2D eigenvalue weighted by molar-refractivity contribution is 7.89. The lowest BCUT2D eigenvalue weighted by Gasteiger charge is -2.42. The van der Waals surface area contributed by atoms with E-state index in [4.69, 9.17) is 4.52 Å². The predicted octanol–water partition coefficient (Wildman–Crippen LogP) is -0.150. The van der Waals surface area contributed by atoms with E-state index in [-0.39, 0.29) is 17.3 Å². The summed E-state index contributed by atoms with van der Waals surface area (Å²) in [6.45, 7) is 4.08. The number of nitrogens with one attached hydrogen (secondary N) is 1. The number of aromatic nitrogens is 2. The van der Waals surface area contributed by atoms with Gasteiger partial charge in [0.15, 0.2) is 0 Å². The summed E-state index contributed by atoms with van der Waals surface area (Å²) in [6, 6.07) is 6.02. The number of hydrogen-bond acceptors (Lipinski definition) is 7. The van der Waals surface area contributed by atoms with Crippen molar-refractivity contribution in [3.8, 4) is 11.4 Å². The minimum atomic E-state index is -3.72. The van der Waals surface area contributed by atoms with Crippen LogP contribution in [0.15, 0.2) is 33.7 Å².